The Kier molecular flexibility index (Phi) is 3.75. The summed E-state index contributed by atoms with van der Waals surface area (Å²) in [7, 11) is 0. The molecular weight excluding hydrogens is 462 g/mol. The summed E-state index contributed by atoms with van der Waals surface area (Å²) in [5.74, 6) is 2.46. The van der Waals surface area contributed by atoms with E-state index in [2.05, 4.69) is 97.5 Å². The van der Waals surface area contributed by atoms with Crippen molar-refractivity contribution in [2.75, 3.05) is 11.4 Å². The number of fused-ring (bicyclic) bond motifs is 4. The summed E-state index contributed by atoms with van der Waals surface area (Å²) in [5, 5.41) is 0. The van der Waals surface area contributed by atoms with Gasteiger partial charge in [0, 0.05) is 33.0 Å². The summed E-state index contributed by atoms with van der Waals surface area (Å²) in [6.07, 6.45) is 12.1. The van der Waals surface area contributed by atoms with Crippen molar-refractivity contribution in [3.63, 3.8) is 0 Å². The number of anilines is 1. The van der Waals surface area contributed by atoms with Crippen LogP contribution in [0.1, 0.15) is 47.4 Å². The summed E-state index contributed by atoms with van der Waals surface area (Å²) in [4.78, 5) is 2.77. The van der Waals surface area contributed by atoms with Crippen LogP contribution in [0.4, 0.5) is 5.69 Å². The van der Waals surface area contributed by atoms with Crippen LogP contribution in [0.3, 0.4) is 0 Å². The first-order valence-corrected chi connectivity index (χ1v) is 11.5. The van der Waals surface area contributed by atoms with E-state index in [1.165, 1.54) is 46.2 Å². The van der Waals surface area contributed by atoms with E-state index in [0.29, 0.717) is 29.7 Å². The molecule has 2 aliphatic heterocycles. The van der Waals surface area contributed by atoms with Gasteiger partial charge in [-0.15, -0.1) is 0 Å². The zero-order valence-electron chi connectivity index (χ0n) is 15.0. The van der Waals surface area contributed by atoms with Gasteiger partial charge in [0.2, 0.25) is 0 Å². The van der Waals surface area contributed by atoms with Crippen LogP contribution in [0.2, 0.25) is 0 Å². The molecule has 0 bridgehead atoms. The highest BCUT2D eigenvalue weighted by atomic mass is 79.9. The van der Waals surface area contributed by atoms with Crippen molar-refractivity contribution in [3.8, 4) is 0 Å². The number of hydrogen-bond acceptors (Lipinski definition) is 1. The van der Waals surface area contributed by atoms with Crippen LogP contribution < -0.4 is 4.90 Å². The quantitative estimate of drug-likeness (QED) is 0.391. The van der Waals surface area contributed by atoms with Crippen LogP contribution in [0, 0.1) is 11.8 Å². The van der Waals surface area contributed by atoms with Crippen LogP contribution in [0.15, 0.2) is 69.6 Å². The first-order valence-electron chi connectivity index (χ1n) is 9.89. The molecule has 2 heterocycles. The second-order valence-corrected chi connectivity index (χ2v) is 10.2. The molecule has 0 fully saturated rings. The van der Waals surface area contributed by atoms with Crippen molar-refractivity contribution < 1.29 is 0 Å². The van der Waals surface area contributed by atoms with Crippen LogP contribution in [0.25, 0.3) is 0 Å². The molecule has 0 unspecified atom stereocenters. The van der Waals surface area contributed by atoms with Crippen molar-refractivity contribution in [1.29, 1.82) is 0 Å². The van der Waals surface area contributed by atoms with Crippen molar-refractivity contribution in [2.45, 2.75) is 30.7 Å². The molecule has 0 saturated heterocycles. The summed E-state index contributed by atoms with van der Waals surface area (Å²) in [6, 6.07) is 14.3. The van der Waals surface area contributed by atoms with Gasteiger partial charge in [0.1, 0.15) is 0 Å². The molecule has 2 aliphatic carbocycles. The maximum absolute atomic E-state index is 3.82. The molecule has 0 amide bonds. The van der Waals surface area contributed by atoms with Gasteiger partial charge in [0.25, 0.3) is 0 Å². The number of rotatable bonds is 1. The predicted octanol–water partition coefficient (Wildman–Crippen LogP) is 7.11. The van der Waals surface area contributed by atoms with Gasteiger partial charge in [0.15, 0.2) is 0 Å². The molecule has 3 heteroatoms. The highest BCUT2D eigenvalue weighted by Crippen LogP contribution is 2.59. The Labute approximate surface area is 177 Å². The summed E-state index contributed by atoms with van der Waals surface area (Å²) < 4.78 is 2.39. The standard InChI is InChI=1S/C24H21Br2N/c25-16-9-7-14(8-10-16)23-20-6-2-5-19(20)22-12-17(26)11-21-18-4-1-3-15(18)13-27(23)24(21)22/h1-2,4-5,7-12,15,18-20,23H,3,6,13H2/t15-,18+,19-,20+,23+/m0/s1. The molecule has 0 saturated carbocycles. The first-order chi connectivity index (χ1) is 13.2. The summed E-state index contributed by atoms with van der Waals surface area (Å²) in [6.45, 7) is 1.17. The molecule has 0 aromatic heterocycles. The smallest absolute Gasteiger partial charge is 0.0582 e. The molecule has 5 atom stereocenters. The molecule has 2 aromatic rings. The predicted molar refractivity (Wildman–Crippen MR) is 118 cm³/mol. The Bertz CT molecular complexity index is 957. The van der Waals surface area contributed by atoms with Crippen LogP contribution in [0.5, 0.6) is 0 Å². The SMILES string of the molecule is Brc1ccc([C@@H]2[C@@H]3CC=C[C@@H]3c3cc(Br)cc4c3N2C[C@@H]2CC=C[C@@H]42)cc1. The molecule has 4 aliphatic rings. The number of hydrogen-bond donors (Lipinski definition) is 0. The van der Waals surface area contributed by atoms with Crippen LogP contribution in [-0.4, -0.2) is 6.54 Å². The average Bonchev–Trinajstić information content (AvgIpc) is 3.32. The average molecular weight is 483 g/mol. The van der Waals surface area contributed by atoms with Gasteiger partial charge in [-0.2, -0.15) is 0 Å². The van der Waals surface area contributed by atoms with E-state index in [1.54, 1.807) is 0 Å². The fourth-order valence-electron chi connectivity index (χ4n) is 5.98. The van der Waals surface area contributed by atoms with E-state index >= 15 is 0 Å². The summed E-state index contributed by atoms with van der Waals surface area (Å²) in [5.41, 5.74) is 6.04. The molecule has 27 heavy (non-hydrogen) atoms. The molecular formula is C24H21Br2N. The van der Waals surface area contributed by atoms with E-state index in [-0.39, 0.29) is 0 Å². The summed E-state index contributed by atoms with van der Waals surface area (Å²) >= 11 is 7.43. The number of benzene rings is 2. The molecule has 6 rings (SSSR count). The van der Waals surface area contributed by atoms with Gasteiger partial charge in [0.05, 0.1) is 6.04 Å². The molecule has 0 N–H and O–H groups in total. The highest BCUT2D eigenvalue weighted by molar-refractivity contribution is 9.10. The number of nitrogens with zero attached hydrogens (tertiary/aromatic N) is 1. The minimum absolute atomic E-state index is 0.465. The molecule has 0 radical (unpaired) electrons. The normalized spacial score (nSPS) is 32.4. The van der Waals surface area contributed by atoms with Gasteiger partial charge in [-0.25, -0.2) is 0 Å². The third kappa shape index (κ3) is 2.40. The lowest BCUT2D eigenvalue weighted by Gasteiger charge is -2.51. The van der Waals surface area contributed by atoms with Gasteiger partial charge in [-0.1, -0.05) is 68.3 Å². The van der Waals surface area contributed by atoms with E-state index in [4.69, 9.17) is 0 Å². The van der Waals surface area contributed by atoms with Crippen molar-refractivity contribution in [1.82, 2.24) is 0 Å². The third-order valence-electron chi connectivity index (χ3n) is 7.03. The zero-order chi connectivity index (χ0) is 18.1. The highest BCUT2D eigenvalue weighted by Gasteiger charge is 2.47. The van der Waals surface area contributed by atoms with Gasteiger partial charge >= 0.3 is 0 Å². The maximum Gasteiger partial charge on any atom is 0.0582 e. The Morgan fingerprint density at radius 1 is 0.815 bits per heavy atom. The lowest BCUT2D eigenvalue weighted by Crippen LogP contribution is -2.46. The Morgan fingerprint density at radius 3 is 2.33 bits per heavy atom. The van der Waals surface area contributed by atoms with E-state index in [0.717, 1.165) is 4.47 Å². The molecule has 2 aromatic carbocycles. The number of allylic oxidation sites excluding steroid dienone is 4. The van der Waals surface area contributed by atoms with Gasteiger partial charge in [-0.05, 0) is 65.6 Å². The lowest BCUT2D eigenvalue weighted by molar-refractivity contribution is 0.335. The minimum atomic E-state index is 0.465. The van der Waals surface area contributed by atoms with Gasteiger partial charge < -0.3 is 4.90 Å². The van der Waals surface area contributed by atoms with Gasteiger partial charge in [-0.3, -0.25) is 0 Å². The topological polar surface area (TPSA) is 3.24 Å². The minimum Gasteiger partial charge on any atom is -0.363 e. The van der Waals surface area contributed by atoms with Crippen LogP contribution in [-0.2, 0) is 0 Å². The maximum atomic E-state index is 3.82. The fraction of sp³-hybridized carbons (Fsp3) is 0.333. The Hall–Kier alpha value is -1.32. The van der Waals surface area contributed by atoms with Crippen LogP contribution >= 0.6 is 31.9 Å². The third-order valence-corrected chi connectivity index (χ3v) is 8.01. The van der Waals surface area contributed by atoms with Crippen molar-refractivity contribution >= 4 is 37.5 Å². The molecule has 1 nitrogen and oxygen atoms in total. The van der Waals surface area contributed by atoms with Crippen molar-refractivity contribution in [3.05, 3.63) is 86.3 Å². The number of halogens is 2. The van der Waals surface area contributed by atoms with E-state index < -0.39 is 0 Å². The monoisotopic (exact) mass is 481 g/mol. The zero-order valence-corrected chi connectivity index (χ0v) is 18.2. The first kappa shape index (κ1) is 16.6. The van der Waals surface area contributed by atoms with Crippen molar-refractivity contribution in [2.24, 2.45) is 11.8 Å². The molecule has 0 spiro atoms. The second kappa shape index (κ2) is 6.09. The largest absolute Gasteiger partial charge is 0.363 e. The van der Waals surface area contributed by atoms with E-state index in [9.17, 15) is 0 Å². The Morgan fingerprint density at radius 2 is 1.52 bits per heavy atom. The lowest BCUT2D eigenvalue weighted by atomic mass is 9.71. The second-order valence-electron chi connectivity index (χ2n) is 8.38. The van der Waals surface area contributed by atoms with E-state index in [1.807, 2.05) is 0 Å². The Balaban J connectivity index is 1.59. The molecule has 136 valence electrons. The fourth-order valence-corrected chi connectivity index (χ4v) is 6.74.